The molecule has 1 aliphatic rings. The quantitative estimate of drug-likeness (QED) is 0.900. The highest BCUT2D eigenvalue weighted by Gasteiger charge is 2.26. The second-order valence-corrected chi connectivity index (χ2v) is 8.42. The molecule has 0 radical (unpaired) electrons. The molecule has 2 aromatic rings. The van der Waals surface area contributed by atoms with Gasteiger partial charge in [0.2, 0.25) is 10.0 Å². The van der Waals surface area contributed by atoms with Gasteiger partial charge in [0.15, 0.2) is 0 Å². The zero-order valence-corrected chi connectivity index (χ0v) is 14.4. The van der Waals surface area contributed by atoms with Gasteiger partial charge in [-0.1, -0.05) is 17.7 Å². The lowest BCUT2D eigenvalue weighted by atomic mass is 10.1. The first-order valence-corrected chi connectivity index (χ1v) is 9.79. The van der Waals surface area contributed by atoms with E-state index in [1.807, 2.05) is 18.2 Å². The monoisotopic (exact) mass is 364 g/mol. The van der Waals surface area contributed by atoms with Gasteiger partial charge in [-0.15, -0.1) is 11.8 Å². The lowest BCUT2D eigenvalue weighted by molar-refractivity contribution is 0.546. The first-order chi connectivity index (χ1) is 11.0. The highest BCUT2D eigenvalue weighted by atomic mass is 35.5. The van der Waals surface area contributed by atoms with Crippen molar-refractivity contribution >= 4 is 33.4 Å². The van der Waals surface area contributed by atoms with Crippen molar-refractivity contribution in [3.63, 3.8) is 0 Å². The van der Waals surface area contributed by atoms with E-state index in [2.05, 4.69) is 4.72 Å². The van der Waals surface area contributed by atoms with Gasteiger partial charge in [0.05, 0.1) is 16.5 Å². The molecule has 118 valence electrons. The van der Waals surface area contributed by atoms with Crippen LogP contribution in [0.1, 0.15) is 23.6 Å². The lowest BCUT2D eigenvalue weighted by Crippen LogP contribution is -2.30. The van der Waals surface area contributed by atoms with E-state index in [4.69, 9.17) is 16.9 Å². The maximum atomic E-state index is 12.6. The molecule has 0 amide bonds. The molecule has 0 aliphatic carbocycles. The Morgan fingerprint density at radius 1 is 1.26 bits per heavy atom. The molecule has 0 aromatic heterocycles. The highest BCUT2D eigenvalue weighted by molar-refractivity contribution is 7.99. The van der Waals surface area contributed by atoms with Crippen molar-refractivity contribution in [2.45, 2.75) is 22.3 Å². The van der Waals surface area contributed by atoms with Crippen LogP contribution in [0.3, 0.4) is 0 Å². The molecule has 4 nitrogen and oxygen atoms in total. The molecule has 23 heavy (non-hydrogen) atoms. The zero-order chi connectivity index (χ0) is 16.4. The summed E-state index contributed by atoms with van der Waals surface area (Å²) in [6.45, 7) is 0. The summed E-state index contributed by atoms with van der Waals surface area (Å²) in [4.78, 5) is 1.14. The first-order valence-electron chi connectivity index (χ1n) is 6.94. The van der Waals surface area contributed by atoms with Gasteiger partial charge in [0, 0.05) is 16.0 Å². The Morgan fingerprint density at radius 2 is 2.09 bits per heavy atom. The SMILES string of the molecule is N#Cc1cccc(S(=O)(=O)N[C@H]2CCSc3ccc(Cl)cc32)c1. The van der Waals surface area contributed by atoms with Crippen LogP contribution >= 0.6 is 23.4 Å². The van der Waals surface area contributed by atoms with Crippen LogP contribution in [0.5, 0.6) is 0 Å². The van der Waals surface area contributed by atoms with Crippen molar-refractivity contribution in [1.29, 1.82) is 5.26 Å². The number of fused-ring (bicyclic) bond motifs is 1. The Balaban J connectivity index is 1.93. The average molecular weight is 365 g/mol. The molecular formula is C16H13ClN2O2S2. The first kappa shape index (κ1) is 16.3. The maximum absolute atomic E-state index is 12.6. The fourth-order valence-electron chi connectivity index (χ4n) is 2.48. The molecule has 0 saturated heterocycles. The minimum Gasteiger partial charge on any atom is -0.207 e. The van der Waals surface area contributed by atoms with Crippen LogP contribution < -0.4 is 4.72 Å². The van der Waals surface area contributed by atoms with Gasteiger partial charge in [0.1, 0.15) is 0 Å². The number of hydrogen-bond acceptors (Lipinski definition) is 4. The number of thioether (sulfide) groups is 1. The van der Waals surface area contributed by atoms with Crippen molar-refractivity contribution < 1.29 is 8.42 Å². The van der Waals surface area contributed by atoms with Crippen LogP contribution in [0.2, 0.25) is 5.02 Å². The number of nitriles is 1. The molecule has 0 spiro atoms. The van der Waals surface area contributed by atoms with Crippen LogP contribution in [0.15, 0.2) is 52.3 Å². The van der Waals surface area contributed by atoms with E-state index in [-0.39, 0.29) is 10.9 Å². The predicted molar refractivity (Wildman–Crippen MR) is 91.0 cm³/mol. The minimum atomic E-state index is -3.70. The zero-order valence-electron chi connectivity index (χ0n) is 12.0. The van der Waals surface area contributed by atoms with Crippen LogP contribution in [0.4, 0.5) is 0 Å². The van der Waals surface area contributed by atoms with Gasteiger partial charge in [-0.05, 0) is 54.1 Å². The number of rotatable bonds is 3. The normalized spacial score (nSPS) is 17.3. The van der Waals surface area contributed by atoms with E-state index in [1.165, 1.54) is 12.1 Å². The van der Waals surface area contributed by atoms with Gasteiger partial charge >= 0.3 is 0 Å². The summed E-state index contributed by atoms with van der Waals surface area (Å²) in [7, 11) is -3.70. The van der Waals surface area contributed by atoms with Gasteiger partial charge in [0.25, 0.3) is 0 Å². The number of benzene rings is 2. The third kappa shape index (κ3) is 3.54. The Hall–Kier alpha value is -1.52. The molecule has 0 unspecified atom stereocenters. The fourth-order valence-corrected chi connectivity index (χ4v) is 5.06. The molecule has 1 heterocycles. The summed E-state index contributed by atoms with van der Waals surface area (Å²) < 4.78 is 27.9. The van der Waals surface area contributed by atoms with Gasteiger partial charge in [-0.3, -0.25) is 0 Å². The summed E-state index contributed by atoms with van der Waals surface area (Å²) in [6.07, 6.45) is 0.690. The van der Waals surface area contributed by atoms with Gasteiger partial charge < -0.3 is 0 Å². The standard InChI is InChI=1S/C16H13ClN2O2S2/c17-12-4-5-16-14(9-12)15(6-7-22-16)19-23(20,21)13-3-1-2-11(8-13)10-18/h1-5,8-9,15,19H,6-7H2/t15-/m0/s1. The predicted octanol–water partition coefficient (Wildman–Crippen LogP) is 3.73. The van der Waals surface area contributed by atoms with E-state index < -0.39 is 10.0 Å². The second kappa shape index (κ2) is 6.54. The Morgan fingerprint density at radius 3 is 2.87 bits per heavy atom. The van der Waals surface area contributed by atoms with Crippen LogP contribution in [-0.2, 0) is 10.0 Å². The van der Waals surface area contributed by atoms with E-state index in [1.54, 1.807) is 30.0 Å². The number of hydrogen-bond donors (Lipinski definition) is 1. The fraction of sp³-hybridized carbons (Fsp3) is 0.188. The van der Waals surface area contributed by atoms with E-state index >= 15 is 0 Å². The Bertz CT molecular complexity index is 891. The van der Waals surface area contributed by atoms with Crippen LogP contribution in [0.25, 0.3) is 0 Å². The maximum Gasteiger partial charge on any atom is 0.241 e. The summed E-state index contributed by atoms with van der Waals surface area (Å²) in [5, 5.41) is 9.51. The Kier molecular flexibility index (Phi) is 4.64. The molecule has 0 fully saturated rings. The minimum absolute atomic E-state index is 0.0957. The Labute approximate surface area is 144 Å². The molecular weight excluding hydrogens is 352 g/mol. The van der Waals surface area contributed by atoms with Gasteiger partial charge in [-0.25, -0.2) is 13.1 Å². The molecule has 1 N–H and O–H groups in total. The van der Waals surface area contributed by atoms with Crippen molar-refractivity contribution in [3.05, 3.63) is 58.6 Å². The molecule has 7 heteroatoms. The molecule has 2 aromatic carbocycles. The van der Waals surface area contributed by atoms with Crippen molar-refractivity contribution in [2.24, 2.45) is 0 Å². The average Bonchev–Trinajstić information content (AvgIpc) is 2.55. The lowest BCUT2D eigenvalue weighted by Gasteiger charge is -2.26. The van der Waals surface area contributed by atoms with E-state index in [0.717, 1.165) is 16.2 Å². The third-order valence-corrected chi connectivity index (χ3v) is 6.41. The summed E-state index contributed by atoms with van der Waals surface area (Å²) >= 11 is 7.74. The van der Waals surface area contributed by atoms with E-state index in [9.17, 15) is 8.42 Å². The molecule has 0 saturated carbocycles. The molecule has 3 rings (SSSR count). The largest absolute Gasteiger partial charge is 0.241 e. The number of sulfonamides is 1. The third-order valence-electron chi connectivity index (χ3n) is 3.58. The van der Waals surface area contributed by atoms with Crippen molar-refractivity contribution in [3.8, 4) is 6.07 Å². The van der Waals surface area contributed by atoms with Gasteiger partial charge in [-0.2, -0.15) is 5.26 Å². The summed E-state index contributed by atoms with van der Waals surface area (Å²) in [6, 6.07) is 13.2. The summed E-state index contributed by atoms with van der Waals surface area (Å²) in [5.74, 6) is 0.833. The smallest absolute Gasteiger partial charge is 0.207 e. The molecule has 1 aliphatic heterocycles. The molecule has 0 bridgehead atoms. The number of halogens is 1. The number of nitrogens with one attached hydrogen (secondary N) is 1. The summed E-state index contributed by atoms with van der Waals surface area (Å²) in [5.41, 5.74) is 1.21. The van der Waals surface area contributed by atoms with Crippen LogP contribution in [-0.4, -0.2) is 14.2 Å². The van der Waals surface area contributed by atoms with Crippen LogP contribution in [0, 0.1) is 11.3 Å². The highest BCUT2D eigenvalue weighted by Crippen LogP contribution is 2.38. The second-order valence-electron chi connectivity index (χ2n) is 5.13. The van der Waals surface area contributed by atoms with Crippen molar-refractivity contribution in [1.82, 2.24) is 4.72 Å². The topological polar surface area (TPSA) is 70.0 Å². The van der Waals surface area contributed by atoms with Crippen molar-refractivity contribution in [2.75, 3.05) is 5.75 Å². The van der Waals surface area contributed by atoms with E-state index in [0.29, 0.717) is 17.0 Å². The number of nitrogens with zero attached hydrogens (tertiary/aromatic N) is 1. The molecule has 1 atom stereocenters.